The van der Waals surface area contributed by atoms with Crippen LogP contribution >= 0.6 is 11.6 Å². The van der Waals surface area contributed by atoms with Crippen LogP contribution in [0, 0.1) is 0 Å². The Bertz CT molecular complexity index is 742. The predicted molar refractivity (Wildman–Crippen MR) is 94.5 cm³/mol. The van der Waals surface area contributed by atoms with E-state index < -0.39 is 0 Å². The highest BCUT2D eigenvalue weighted by Gasteiger charge is 2.12. The number of phenolic OH excluding ortho intramolecular Hbond substituents is 1. The van der Waals surface area contributed by atoms with Crippen LogP contribution < -0.4 is 15.0 Å². The number of nitrogens with zero attached hydrogens (tertiary/aromatic N) is 1. The van der Waals surface area contributed by atoms with Crippen molar-refractivity contribution in [2.45, 2.75) is 32.7 Å². The van der Waals surface area contributed by atoms with E-state index in [2.05, 4.69) is 6.92 Å². The smallest absolute Gasteiger partial charge is 0.254 e. The van der Waals surface area contributed by atoms with Gasteiger partial charge in [0.05, 0.1) is 25.3 Å². The number of rotatable bonds is 8. The van der Waals surface area contributed by atoms with E-state index in [0.29, 0.717) is 23.7 Å². The van der Waals surface area contributed by atoms with Gasteiger partial charge in [-0.3, -0.25) is 4.79 Å². The SMILES string of the molecule is CCCCCOc1ccn(Cc2ccc(OC)c(O)c2Cl)c(=O)c1. The first-order chi connectivity index (χ1) is 11.6. The second-order valence-electron chi connectivity index (χ2n) is 5.47. The third kappa shape index (κ3) is 4.45. The van der Waals surface area contributed by atoms with Crippen LogP contribution in [0.5, 0.6) is 17.2 Å². The molecule has 2 rings (SSSR count). The van der Waals surface area contributed by atoms with Crippen molar-refractivity contribution >= 4 is 11.6 Å². The van der Waals surface area contributed by atoms with E-state index in [1.807, 2.05) is 0 Å². The minimum atomic E-state index is -0.186. The molecule has 0 saturated carbocycles. The van der Waals surface area contributed by atoms with Gasteiger partial charge in [-0.2, -0.15) is 0 Å². The molecule has 0 amide bonds. The molecule has 0 saturated heterocycles. The molecule has 130 valence electrons. The lowest BCUT2D eigenvalue weighted by atomic mass is 10.2. The maximum atomic E-state index is 12.2. The molecule has 1 heterocycles. The highest BCUT2D eigenvalue weighted by Crippen LogP contribution is 2.36. The number of phenols is 1. The molecule has 0 spiro atoms. The summed E-state index contributed by atoms with van der Waals surface area (Å²) in [6.07, 6.45) is 4.87. The monoisotopic (exact) mass is 351 g/mol. The van der Waals surface area contributed by atoms with E-state index in [1.165, 1.54) is 17.7 Å². The number of unbranched alkanes of at least 4 members (excludes halogenated alkanes) is 2. The molecule has 24 heavy (non-hydrogen) atoms. The molecule has 0 bridgehead atoms. The normalized spacial score (nSPS) is 10.6. The van der Waals surface area contributed by atoms with Crippen LogP contribution in [0.2, 0.25) is 5.02 Å². The summed E-state index contributed by atoms with van der Waals surface area (Å²) in [5, 5.41) is 10.1. The van der Waals surface area contributed by atoms with Crippen molar-refractivity contribution in [3.05, 3.63) is 51.4 Å². The molecular formula is C18H22ClNO4. The Morgan fingerprint density at radius 1 is 1.25 bits per heavy atom. The van der Waals surface area contributed by atoms with Gasteiger partial charge in [-0.25, -0.2) is 0 Å². The fraction of sp³-hybridized carbons (Fsp3) is 0.389. The highest BCUT2D eigenvalue weighted by molar-refractivity contribution is 6.33. The maximum Gasteiger partial charge on any atom is 0.254 e. The number of pyridine rings is 1. The summed E-state index contributed by atoms with van der Waals surface area (Å²) in [4.78, 5) is 12.2. The Morgan fingerprint density at radius 2 is 2.04 bits per heavy atom. The zero-order valence-electron chi connectivity index (χ0n) is 13.9. The first kappa shape index (κ1) is 18.2. The Kier molecular flexibility index (Phi) is 6.55. The number of halogens is 1. The van der Waals surface area contributed by atoms with Crippen LogP contribution in [0.15, 0.2) is 35.3 Å². The quantitative estimate of drug-likeness (QED) is 0.734. The van der Waals surface area contributed by atoms with E-state index >= 15 is 0 Å². The zero-order chi connectivity index (χ0) is 17.5. The highest BCUT2D eigenvalue weighted by atomic mass is 35.5. The van der Waals surface area contributed by atoms with Gasteiger partial charge in [-0.05, 0) is 24.1 Å². The number of methoxy groups -OCH3 is 1. The molecule has 0 aliphatic heterocycles. The lowest BCUT2D eigenvalue weighted by Crippen LogP contribution is -2.19. The van der Waals surface area contributed by atoms with Gasteiger partial charge in [-0.1, -0.05) is 37.4 Å². The van der Waals surface area contributed by atoms with Crippen molar-refractivity contribution in [1.82, 2.24) is 4.57 Å². The first-order valence-corrected chi connectivity index (χ1v) is 8.32. The van der Waals surface area contributed by atoms with Crippen molar-refractivity contribution in [1.29, 1.82) is 0 Å². The Morgan fingerprint density at radius 3 is 2.71 bits per heavy atom. The molecule has 6 heteroatoms. The van der Waals surface area contributed by atoms with Gasteiger partial charge < -0.3 is 19.1 Å². The number of benzene rings is 1. The van der Waals surface area contributed by atoms with Gasteiger partial charge in [0.15, 0.2) is 11.5 Å². The van der Waals surface area contributed by atoms with E-state index in [9.17, 15) is 9.90 Å². The van der Waals surface area contributed by atoms with Gasteiger partial charge in [0, 0.05) is 12.3 Å². The number of ether oxygens (including phenoxy) is 2. The molecule has 5 nitrogen and oxygen atoms in total. The van der Waals surface area contributed by atoms with Crippen LogP contribution in [0.3, 0.4) is 0 Å². The number of hydrogen-bond acceptors (Lipinski definition) is 4. The predicted octanol–water partition coefficient (Wildman–Crippen LogP) is 3.83. The van der Waals surface area contributed by atoms with Crippen molar-refractivity contribution in [3.63, 3.8) is 0 Å². The molecule has 0 aliphatic carbocycles. The van der Waals surface area contributed by atoms with Crippen LogP contribution in [0.1, 0.15) is 31.7 Å². The minimum Gasteiger partial charge on any atom is -0.503 e. The van der Waals surface area contributed by atoms with Gasteiger partial charge in [-0.15, -0.1) is 0 Å². The molecule has 2 aromatic rings. The summed E-state index contributed by atoms with van der Waals surface area (Å²) < 4.78 is 12.1. The number of aromatic hydroxyl groups is 1. The maximum absolute atomic E-state index is 12.2. The zero-order valence-corrected chi connectivity index (χ0v) is 14.7. The molecule has 0 fully saturated rings. The molecule has 1 aromatic carbocycles. The summed E-state index contributed by atoms with van der Waals surface area (Å²) >= 11 is 6.14. The third-order valence-corrected chi connectivity index (χ3v) is 4.13. The van der Waals surface area contributed by atoms with Crippen LogP contribution in [-0.4, -0.2) is 23.4 Å². The van der Waals surface area contributed by atoms with Crippen molar-refractivity contribution in [2.24, 2.45) is 0 Å². The van der Waals surface area contributed by atoms with Crippen LogP contribution in [0.25, 0.3) is 0 Å². The van der Waals surface area contributed by atoms with Crippen molar-refractivity contribution < 1.29 is 14.6 Å². The van der Waals surface area contributed by atoms with E-state index in [0.717, 1.165) is 19.3 Å². The summed E-state index contributed by atoms with van der Waals surface area (Å²) in [6.45, 7) is 2.99. The second kappa shape index (κ2) is 8.64. The van der Waals surface area contributed by atoms with Crippen LogP contribution in [0.4, 0.5) is 0 Å². The molecule has 0 atom stereocenters. The summed E-state index contributed by atoms with van der Waals surface area (Å²) in [7, 11) is 1.45. The van der Waals surface area contributed by atoms with Crippen molar-refractivity contribution in [2.75, 3.05) is 13.7 Å². The summed E-state index contributed by atoms with van der Waals surface area (Å²) in [6, 6.07) is 6.56. The lowest BCUT2D eigenvalue weighted by molar-refractivity contribution is 0.305. The first-order valence-electron chi connectivity index (χ1n) is 7.94. The summed E-state index contributed by atoms with van der Waals surface area (Å²) in [5.74, 6) is 0.739. The molecule has 1 N–H and O–H groups in total. The standard InChI is InChI=1S/C18H22ClNO4/c1-3-4-5-10-24-14-8-9-20(16(21)11-14)12-13-6-7-15(23-2)18(22)17(13)19/h6-9,11,22H,3-5,10,12H2,1-2H3. The fourth-order valence-electron chi connectivity index (χ4n) is 2.31. The van der Waals surface area contributed by atoms with Gasteiger partial charge in [0.1, 0.15) is 5.75 Å². The van der Waals surface area contributed by atoms with Crippen molar-refractivity contribution in [3.8, 4) is 17.2 Å². The summed E-state index contributed by atoms with van der Waals surface area (Å²) in [5.41, 5.74) is 0.447. The Balaban J connectivity index is 2.11. The van der Waals surface area contributed by atoms with E-state index in [-0.39, 0.29) is 22.9 Å². The fourth-order valence-corrected chi connectivity index (χ4v) is 2.53. The van der Waals surface area contributed by atoms with E-state index in [1.54, 1.807) is 24.4 Å². The Labute approximate surface area is 146 Å². The van der Waals surface area contributed by atoms with E-state index in [4.69, 9.17) is 21.1 Å². The van der Waals surface area contributed by atoms with Gasteiger partial charge in [0.25, 0.3) is 5.56 Å². The molecule has 1 aromatic heterocycles. The molecular weight excluding hydrogens is 330 g/mol. The largest absolute Gasteiger partial charge is 0.503 e. The minimum absolute atomic E-state index is 0.124. The number of aromatic nitrogens is 1. The average Bonchev–Trinajstić information content (AvgIpc) is 2.58. The molecule has 0 unspecified atom stereocenters. The van der Waals surface area contributed by atoms with Crippen LogP contribution in [-0.2, 0) is 6.54 Å². The second-order valence-corrected chi connectivity index (χ2v) is 5.85. The molecule has 0 aliphatic rings. The van der Waals surface area contributed by atoms with Gasteiger partial charge >= 0.3 is 0 Å². The lowest BCUT2D eigenvalue weighted by Gasteiger charge is -2.12. The average molecular weight is 352 g/mol. The molecule has 0 radical (unpaired) electrons. The topological polar surface area (TPSA) is 60.7 Å². The number of hydrogen-bond donors (Lipinski definition) is 1. The van der Waals surface area contributed by atoms with Gasteiger partial charge in [0.2, 0.25) is 0 Å². The Hall–Kier alpha value is -2.14. The third-order valence-electron chi connectivity index (χ3n) is 3.70.